The molecular weight excluding hydrogens is 280 g/mol. The van der Waals surface area contributed by atoms with E-state index in [0.29, 0.717) is 31.0 Å². The first-order valence-electron chi connectivity index (χ1n) is 6.57. The summed E-state index contributed by atoms with van der Waals surface area (Å²) >= 11 is 5.87. The lowest BCUT2D eigenvalue weighted by molar-refractivity contribution is -0.0576. The Bertz CT molecular complexity index is 548. The lowest BCUT2D eigenvalue weighted by Crippen LogP contribution is -2.46. The maximum Gasteiger partial charge on any atom is 0.407 e. The van der Waals surface area contributed by atoms with Crippen LogP contribution in [-0.4, -0.2) is 40.5 Å². The van der Waals surface area contributed by atoms with Crippen LogP contribution < -0.4 is 0 Å². The van der Waals surface area contributed by atoms with Crippen molar-refractivity contribution in [2.24, 2.45) is 5.16 Å². The Morgan fingerprint density at radius 1 is 1.30 bits per heavy atom. The van der Waals surface area contributed by atoms with Gasteiger partial charge in [0.25, 0.3) is 0 Å². The number of benzene rings is 1. The van der Waals surface area contributed by atoms with E-state index in [1.165, 1.54) is 4.90 Å². The molecular formula is C14H15ClN2O3. The molecule has 2 aliphatic heterocycles. The summed E-state index contributed by atoms with van der Waals surface area (Å²) in [6.45, 7) is 0.998. The maximum absolute atomic E-state index is 10.9. The van der Waals surface area contributed by atoms with Crippen LogP contribution in [0.1, 0.15) is 24.8 Å². The van der Waals surface area contributed by atoms with Gasteiger partial charge in [0.15, 0.2) is 0 Å². The lowest BCUT2D eigenvalue weighted by atomic mass is 9.85. The topological polar surface area (TPSA) is 62.1 Å². The summed E-state index contributed by atoms with van der Waals surface area (Å²) in [5, 5.41) is 13.9. The number of hydrogen-bond donors (Lipinski definition) is 1. The number of oxime groups is 1. The number of hydrogen-bond acceptors (Lipinski definition) is 3. The van der Waals surface area contributed by atoms with Gasteiger partial charge in [0, 0.05) is 37.4 Å². The second-order valence-corrected chi connectivity index (χ2v) is 5.70. The molecule has 1 N–H and O–H groups in total. The molecule has 0 bridgehead atoms. The molecule has 1 amide bonds. The first-order chi connectivity index (χ1) is 9.58. The highest BCUT2D eigenvalue weighted by Gasteiger charge is 2.43. The van der Waals surface area contributed by atoms with E-state index in [1.54, 1.807) is 0 Å². The van der Waals surface area contributed by atoms with Gasteiger partial charge < -0.3 is 14.8 Å². The van der Waals surface area contributed by atoms with Gasteiger partial charge in [0.2, 0.25) is 0 Å². The van der Waals surface area contributed by atoms with Gasteiger partial charge in [-0.1, -0.05) is 28.9 Å². The standard InChI is InChI=1S/C14H15ClN2O3/c15-11-3-1-10(2-4-11)12-9-14(20-16-12)5-7-17(8-6-14)13(18)19/h1-4H,5-9H2,(H,18,19). The van der Waals surface area contributed by atoms with E-state index in [2.05, 4.69) is 5.16 Å². The number of likely N-dealkylation sites (tertiary alicyclic amines) is 1. The van der Waals surface area contributed by atoms with E-state index in [1.807, 2.05) is 24.3 Å². The van der Waals surface area contributed by atoms with Crippen LogP contribution in [0.15, 0.2) is 29.4 Å². The van der Waals surface area contributed by atoms with E-state index >= 15 is 0 Å². The largest absolute Gasteiger partial charge is 0.465 e. The summed E-state index contributed by atoms with van der Waals surface area (Å²) in [6.07, 6.45) is 1.22. The van der Waals surface area contributed by atoms with Crippen molar-refractivity contribution < 1.29 is 14.7 Å². The number of nitrogens with zero attached hydrogens (tertiary/aromatic N) is 2. The van der Waals surface area contributed by atoms with E-state index in [9.17, 15) is 4.79 Å². The highest BCUT2D eigenvalue weighted by Crippen LogP contribution is 2.36. The third kappa shape index (κ3) is 2.45. The smallest absolute Gasteiger partial charge is 0.407 e. The van der Waals surface area contributed by atoms with Gasteiger partial charge in [-0.15, -0.1) is 0 Å². The highest BCUT2D eigenvalue weighted by molar-refractivity contribution is 6.30. The molecule has 3 rings (SSSR count). The minimum atomic E-state index is -0.864. The molecule has 2 heterocycles. The number of rotatable bonds is 1. The monoisotopic (exact) mass is 294 g/mol. The van der Waals surface area contributed by atoms with Crippen molar-refractivity contribution in [3.63, 3.8) is 0 Å². The molecule has 20 heavy (non-hydrogen) atoms. The fourth-order valence-electron chi connectivity index (χ4n) is 2.69. The maximum atomic E-state index is 10.9. The minimum Gasteiger partial charge on any atom is -0.465 e. The van der Waals surface area contributed by atoms with Crippen molar-refractivity contribution in [1.29, 1.82) is 0 Å². The molecule has 0 saturated carbocycles. The normalized spacial score (nSPS) is 20.6. The summed E-state index contributed by atoms with van der Waals surface area (Å²) in [5.41, 5.74) is 1.58. The summed E-state index contributed by atoms with van der Waals surface area (Å²) in [7, 11) is 0. The van der Waals surface area contributed by atoms with Gasteiger partial charge in [-0.05, 0) is 17.7 Å². The van der Waals surface area contributed by atoms with Gasteiger partial charge in [0.1, 0.15) is 5.60 Å². The van der Waals surface area contributed by atoms with Crippen LogP contribution in [0.5, 0.6) is 0 Å². The minimum absolute atomic E-state index is 0.332. The van der Waals surface area contributed by atoms with Crippen LogP contribution in [-0.2, 0) is 4.84 Å². The van der Waals surface area contributed by atoms with E-state index in [0.717, 1.165) is 17.7 Å². The molecule has 1 aromatic rings. The second kappa shape index (κ2) is 4.98. The van der Waals surface area contributed by atoms with Crippen LogP contribution in [0.2, 0.25) is 5.02 Å². The number of piperidine rings is 1. The summed E-state index contributed by atoms with van der Waals surface area (Å²) < 4.78 is 0. The third-order valence-electron chi connectivity index (χ3n) is 3.96. The zero-order chi connectivity index (χ0) is 14.2. The average Bonchev–Trinajstić information content (AvgIpc) is 2.84. The van der Waals surface area contributed by atoms with Crippen LogP contribution in [0.4, 0.5) is 4.79 Å². The second-order valence-electron chi connectivity index (χ2n) is 5.27. The average molecular weight is 295 g/mol. The molecule has 0 aromatic heterocycles. The van der Waals surface area contributed by atoms with Gasteiger partial charge in [-0.2, -0.15) is 0 Å². The van der Waals surface area contributed by atoms with Crippen LogP contribution in [0.3, 0.4) is 0 Å². The van der Waals surface area contributed by atoms with Crippen LogP contribution >= 0.6 is 11.6 Å². The number of carboxylic acid groups (broad SMARTS) is 1. The number of halogens is 1. The highest BCUT2D eigenvalue weighted by atomic mass is 35.5. The van der Waals surface area contributed by atoms with Crippen LogP contribution in [0.25, 0.3) is 0 Å². The SMILES string of the molecule is O=C(O)N1CCC2(CC1)CC(c1ccc(Cl)cc1)=NO2. The van der Waals surface area contributed by atoms with Crippen molar-refractivity contribution in [3.8, 4) is 0 Å². The molecule has 1 spiro atoms. The Morgan fingerprint density at radius 2 is 1.95 bits per heavy atom. The van der Waals surface area contributed by atoms with Crippen molar-refractivity contribution in [1.82, 2.24) is 4.90 Å². The van der Waals surface area contributed by atoms with E-state index in [4.69, 9.17) is 21.5 Å². The van der Waals surface area contributed by atoms with Crippen molar-refractivity contribution in [2.75, 3.05) is 13.1 Å². The summed E-state index contributed by atoms with van der Waals surface area (Å²) in [5.74, 6) is 0. The molecule has 0 atom stereocenters. The molecule has 1 saturated heterocycles. The van der Waals surface area contributed by atoms with Crippen molar-refractivity contribution >= 4 is 23.4 Å². The predicted octanol–water partition coefficient (Wildman–Crippen LogP) is 2.98. The zero-order valence-electron chi connectivity index (χ0n) is 10.9. The lowest BCUT2D eigenvalue weighted by Gasteiger charge is -2.35. The van der Waals surface area contributed by atoms with Gasteiger partial charge in [-0.25, -0.2) is 4.79 Å². The first kappa shape index (κ1) is 13.2. The molecule has 0 unspecified atom stereocenters. The third-order valence-corrected chi connectivity index (χ3v) is 4.21. The summed E-state index contributed by atoms with van der Waals surface area (Å²) in [6, 6.07) is 7.51. The molecule has 0 radical (unpaired) electrons. The van der Waals surface area contributed by atoms with Crippen LogP contribution in [0, 0.1) is 0 Å². The van der Waals surface area contributed by atoms with Gasteiger partial charge in [-0.3, -0.25) is 0 Å². The molecule has 2 aliphatic rings. The van der Waals surface area contributed by atoms with E-state index < -0.39 is 6.09 Å². The molecule has 106 valence electrons. The molecule has 6 heteroatoms. The Morgan fingerprint density at radius 3 is 2.55 bits per heavy atom. The van der Waals surface area contributed by atoms with Gasteiger partial charge in [0.05, 0.1) is 5.71 Å². The number of amides is 1. The fraction of sp³-hybridized carbons (Fsp3) is 0.429. The Balaban J connectivity index is 1.67. The van der Waals surface area contributed by atoms with E-state index in [-0.39, 0.29) is 5.60 Å². The Labute approximate surface area is 121 Å². The first-order valence-corrected chi connectivity index (χ1v) is 6.95. The Kier molecular flexibility index (Phi) is 3.30. The molecule has 1 aromatic carbocycles. The van der Waals surface area contributed by atoms with Gasteiger partial charge >= 0.3 is 6.09 Å². The fourth-order valence-corrected chi connectivity index (χ4v) is 2.82. The molecule has 5 nitrogen and oxygen atoms in total. The van der Waals surface area contributed by atoms with Crippen molar-refractivity contribution in [3.05, 3.63) is 34.9 Å². The summed E-state index contributed by atoms with van der Waals surface area (Å²) in [4.78, 5) is 18.0. The Hall–Kier alpha value is -1.75. The number of carbonyl (C=O) groups is 1. The van der Waals surface area contributed by atoms with Crippen molar-refractivity contribution in [2.45, 2.75) is 24.9 Å². The zero-order valence-corrected chi connectivity index (χ0v) is 11.6. The predicted molar refractivity (Wildman–Crippen MR) is 75.3 cm³/mol. The molecule has 0 aliphatic carbocycles. The quantitative estimate of drug-likeness (QED) is 0.866. The molecule has 1 fully saturated rings.